The third kappa shape index (κ3) is 5.27. The molecule has 3 aromatic rings. The number of likely N-dealkylation sites (tertiary alicyclic amines) is 1. The second kappa shape index (κ2) is 9.73. The molecule has 35 heavy (non-hydrogen) atoms. The first-order valence-electron chi connectivity index (χ1n) is 11.3. The molecule has 0 bridgehead atoms. The van der Waals surface area contributed by atoms with Crippen molar-refractivity contribution in [2.45, 2.75) is 57.0 Å². The molecule has 188 valence electrons. The molecule has 1 amide bonds. The summed E-state index contributed by atoms with van der Waals surface area (Å²) in [6.07, 6.45) is -3.65. The summed E-state index contributed by atoms with van der Waals surface area (Å²) in [5, 5.41) is 15.3. The standard InChI is InChI=1S/C23H25BrF3N5O3/c1-2-32-20(24)18-19(29-32)21(34)31(14-28-18)13-22(35)8-10-30(11-9-22)17(33)12-16(23(25,26)27)15-6-4-3-5-7-15/h3-7,14,16,35H,2,8-13H2,1H3. The lowest BCUT2D eigenvalue weighted by Gasteiger charge is -2.39. The van der Waals surface area contributed by atoms with Crippen LogP contribution in [0.25, 0.3) is 11.0 Å². The van der Waals surface area contributed by atoms with Gasteiger partial charge in [0.05, 0.1) is 24.4 Å². The number of carbonyl (C=O) groups excluding carboxylic acids is 1. The van der Waals surface area contributed by atoms with Crippen LogP contribution in [0.2, 0.25) is 0 Å². The van der Waals surface area contributed by atoms with Crippen molar-refractivity contribution >= 4 is 32.9 Å². The average molecular weight is 556 g/mol. The molecule has 3 heterocycles. The molecule has 0 spiro atoms. The van der Waals surface area contributed by atoms with Gasteiger partial charge in [0.2, 0.25) is 5.91 Å². The molecule has 2 aromatic heterocycles. The minimum atomic E-state index is -4.56. The van der Waals surface area contributed by atoms with Crippen LogP contribution in [0, 0.1) is 0 Å². The fraction of sp³-hybridized carbons (Fsp3) is 0.478. The summed E-state index contributed by atoms with van der Waals surface area (Å²) in [6.45, 7) is 2.56. The molecule has 1 saturated heterocycles. The summed E-state index contributed by atoms with van der Waals surface area (Å²) in [5.41, 5.74) is -1.05. The van der Waals surface area contributed by atoms with Crippen LogP contribution in [0.3, 0.4) is 0 Å². The number of piperidine rings is 1. The van der Waals surface area contributed by atoms with E-state index in [0.717, 1.165) is 0 Å². The van der Waals surface area contributed by atoms with E-state index in [1.54, 1.807) is 10.7 Å². The van der Waals surface area contributed by atoms with Gasteiger partial charge >= 0.3 is 6.18 Å². The van der Waals surface area contributed by atoms with Gasteiger partial charge in [-0.2, -0.15) is 18.3 Å². The number of carbonyl (C=O) groups is 1. The second-order valence-corrected chi connectivity index (χ2v) is 9.55. The van der Waals surface area contributed by atoms with E-state index in [9.17, 15) is 27.9 Å². The first kappa shape index (κ1) is 25.4. The van der Waals surface area contributed by atoms with Gasteiger partial charge < -0.3 is 10.0 Å². The summed E-state index contributed by atoms with van der Waals surface area (Å²) in [7, 11) is 0. The minimum Gasteiger partial charge on any atom is -0.388 e. The molecular weight excluding hydrogens is 531 g/mol. The number of halogens is 4. The number of rotatable bonds is 6. The molecule has 1 fully saturated rings. The topological polar surface area (TPSA) is 93.2 Å². The Balaban J connectivity index is 1.43. The maximum Gasteiger partial charge on any atom is 0.396 e. The molecule has 1 N–H and O–H groups in total. The highest BCUT2D eigenvalue weighted by Crippen LogP contribution is 2.38. The number of benzene rings is 1. The maximum atomic E-state index is 13.6. The van der Waals surface area contributed by atoms with Crippen molar-refractivity contribution in [3.8, 4) is 0 Å². The number of nitrogens with zero attached hydrogens (tertiary/aromatic N) is 5. The molecule has 0 saturated carbocycles. The van der Waals surface area contributed by atoms with Crippen LogP contribution in [0.1, 0.15) is 37.7 Å². The normalized spacial score (nSPS) is 17.0. The molecule has 1 unspecified atom stereocenters. The summed E-state index contributed by atoms with van der Waals surface area (Å²) in [5.74, 6) is -2.51. The summed E-state index contributed by atoms with van der Waals surface area (Å²) >= 11 is 3.38. The first-order valence-corrected chi connectivity index (χ1v) is 12.0. The van der Waals surface area contributed by atoms with Crippen molar-refractivity contribution in [3.63, 3.8) is 0 Å². The van der Waals surface area contributed by atoms with Crippen molar-refractivity contribution in [1.29, 1.82) is 0 Å². The lowest BCUT2D eigenvalue weighted by atomic mass is 9.90. The highest BCUT2D eigenvalue weighted by atomic mass is 79.9. The lowest BCUT2D eigenvalue weighted by Crippen LogP contribution is -2.50. The summed E-state index contributed by atoms with van der Waals surface area (Å²) in [6, 6.07) is 7.38. The fourth-order valence-corrected chi connectivity index (χ4v) is 5.01. The number of hydrogen-bond donors (Lipinski definition) is 1. The second-order valence-electron chi connectivity index (χ2n) is 8.80. The fourth-order valence-electron chi connectivity index (χ4n) is 4.39. The third-order valence-corrected chi connectivity index (χ3v) is 7.23. The number of hydrogen-bond acceptors (Lipinski definition) is 5. The van der Waals surface area contributed by atoms with Crippen LogP contribution in [-0.4, -0.2) is 60.1 Å². The SMILES string of the molecule is CCn1nc2c(=O)n(CC3(O)CCN(C(=O)CC(c4ccccc4)C(F)(F)F)CC3)cnc2c1Br. The molecule has 8 nitrogen and oxygen atoms in total. The molecule has 12 heteroatoms. The Labute approximate surface area is 207 Å². The van der Waals surface area contributed by atoms with Crippen LogP contribution >= 0.6 is 15.9 Å². The van der Waals surface area contributed by atoms with Crippen LogP contribution < -0.4 is 5.56 Å². The van der Waals surface area contributed by atoms with Crippen molar-refractivity contribution in [2.24, 2.45) is 0 Å². The average Bonchev–Trinajstić information content (AvgIpc) is 3.15. The molecular formula is C23H25BrF3N5O3. The van der Waals surface area contributed by atoms with Crippen LogP contribution in [0.15, 0.2) is 46.1 Å². The quantitative estimate of drug-likeness (QED) is 0.502. The molecule has 1 aliphatic rings. The Morgan fingerprint density at radius 2 is 1.86 bits per heavy atom. The molecule has 1 aliphatic heterocycles. The smallest absolute Gasteiger partial charge is 0.388 e. The molecule has 1 aromatic carbocycles. The van der Waals surface area contributed by atoms with Gasteiger partial charge in [-0.1, -0.05) is 30.3 Å². The Bertz CT molecular complexity index is 1270. The monoisotopic (exact) mass is 555 g/mol. The van der Waals surface area contributed by atoms with Gasteiger partial charge in [0.1, 0.15) is 10.1 Å². The van der Waals surface area contributed by atoms with Crippen molar-refractivity contribution in [3.05, 3.63) is 57.2 Å². The Morgan fingerprint density at radius 1 is 1.20 bits per heavy atom. The number of aryl methyl sites for hydroxylation is 1. The van der Waals surface area contributed by atoms with E-state index in [-0.39, 0.29) is 43.6 Å². The largest absolute Gasteiger partial charge is 0.396 e. The van der Waals surface area contributed by atoms with Gasteiger partial charge in [0.15, 0.2) is 5.52 Å². The molecule has 0 aliphatic carbocycles. The van der Waals surface area contributed by atoms with Gasteiger partial charge in [-0.25, -0.2) is 4.98 Å². The zero-order valence-corrected chi connectivity index (χ0v) is 20.6. The predicted molar refractivity (Wildman–Crippen MR) is 126 cm³/mol. The number of fused-ring (bicyclic) bond motifs is 1. The highest BCUT2D eigenvalue weighted by molar-refractivity contribution is 9.10. The maximum absolute atomic E-state index is 13.6. The number of alkyl halides is 3. The first-order chi connectivity index (χ1) is 16.5. The zero-order valence-electron chi connectivity index (χ0n) is 19.0. The van der Waals surface area contributed by atoms with Gasteiger partial charge in [-0.15, -0.1) is 0 Å². The third-order valence-electron chi connectivity index (χ3n) is 6.44. The van der Waals surface area contributed by atoms with E-state index in [1.165, 1.54) is 40.1 Å². The predicted octanol–water partition coefficient (Wildman–Crippen LogP) is 3.47. The van der Waals surface area contributed by atoms with Crippen LogP contribution in [-0.2, 0) is 17.9 Å². The summed E-state index contributed by atoms with van der Waals surface area (Å²) in [4.78, 5) is 31.3. The van der Waals surface area contributed by atoms with Crippen molar-refractivity contribution in [1.82, 2.24) is 24.2 Å². The van der Waals surface area contributed by atoms with Crippen LogP contribution in [0.5, 0.6) is 0 Å². The zero-order chi connectivity index (χ0) is 25.4. The highest BCUT2D eigenvalue weighted by Gasteiger charge is 2.43. The van der Waals surface area contributed by atoms with Crippen LogP contribution in [0.4, 0.5) is 13.2 Å². The Hall–Kier alpha value is -2.73. The summed E-state index contributed by atoms with van der Waals surface area (Å²) < 4.78 is 44.4. The van der Waals surface area contributed by atoms with Gasteiger partial charge in [0, 0.05) is 26.1 Å². The van der Waals surface area contributed by atoms with Gasteiger partial charge in [-0.05, 0) is 41.3 Å². The molecule has 0 radical (unpaired) electrons. The Kier molecular flexibility index (Phi) is 7.05. The van der Waals surface area contributed by atoms with Crippen molar-refractivity contribution < 1.29 is 23.1 Å². The van der Waals surface area contributed by atoms with E-state index < -0.39 is 35.6 Å². The van der Waals surface area contributed by atoms with E-state index >= 15 is 0 Å². The lowest BCUT2D eigenvalue weighted by molar-refractivity contribution is -0.162. The van der Waals surface area contributed by atoms with E-state index in [0.29, 0.717) is 16.7 Å². The van der Waals surface area contributed by atoms with Gasteiger partial charge in [-0.3, -0.25) is 18.8 Å². The van der Waals surface area contributed by atoms with E-state index in [1.807, 2.05) is 6.92 Å². The number of amides is 1. The van der Waals surface area contributed by atoms with E-state index in [4.69, 9.17) is 0 Å². The van der Waals surface area contributed by atoms with Gasteiger partial charge in [0.25, 0.3) is 5.56 Å². The van der Waals surface area contributed by atoms with Crippen molar-refractivity contribution in [2.75, 3.05) is 13.1 Å². The number of aromatic nitrogens is 4. The molecule has 4 rings (SSSR count). The molecule has 1 atom stereocenters. The Morgan fingerprint density at radius 3 is 2.46 bits per heavy atom. The van der Waals surface area contributed by atoms with E-state index in [2.05, 4.69) is 26.0 Å². The minimum absolute atomic E-state index is 0.0429. The number of aliphatic hydroxyl groups is 1.